The number of carbonyl (C=O) groups is 1. The van der Waals surface area contributed by atoms with E-state index in [1.807, 2.05) is 11.0 Å². The van der Waals surface area contributed by atoms with Gasteiger partial charge in [-0.2, -0.15) is 4.98 Å². The number of hydrogen-bond acceptors (Lipinski definition) is 6. The molecule has 2 aromatic rings. The largest absolute Gasteiger partial charge is 0.340 e. The first-order valence-electron chi connectivity index (χ1n) is 7.97. The van der Waals surface area contributed by atoms with Gasteiger partial charge in [0.15, 0.2) is 5.82 Å². The van der Waals surface area contributed by atoms with Gasteiger partial charge in [0.2, 0.25) is 5.89 Å². The lowest BCUT2D eigenvalue weighted by Gasteiger charge is -2.33. The van der Waals surface area contributed by atoms with E-state index in [4.69, 9.17) is 4.52 Å². The molecule has 1 saturated heterocycles. The fourth-order valence-electron chi connectivity index (χ4n) is 2.85. The van der Waals surface area contributed by atoms with E-state index in [0.29, 0.717) is 18.3 Å². The Hall–Kier alpha value is -1.73. The Morgan fingerprint density at radius 2 is 2.04 bits per heavy atom. The van der Waals surface area contributed by atoms with Crippen molar-refractivity contribution in [1.82, 2.24) is 19.9 Å². The minimum atomic E-state index is 0.160. The molecule has 2 aromatic heterocycles. The fourth-order valence-corrected chi connectivity index (χ4v) is 3.93. The number of thiophene rings is 1. The van der Waals surface area contributed by atoms with Crippen LogP contribution in [0, 0.1) is 13.8 Å². The van der Waals surface area contributed by atoms with Crippen molar-refractivity contribution in [3.8, 4) is 0 Å². The lowest BCUT2D eigenvalue weighted by atomic mass is 10.2. The van der Waals surface area contributed by atoms with Crippen LogP contribution in [0.15, 0.2) is 10.6 Å². The zero-order valence-electron chi connectivity index (χ0n) is 13.8. The van der Waals surface area contributed by atoms with Crippen molar-refractivity contribution in [3.05, 3.63) is 33.1 Å². The monoisotopic (exact) mass is 334 g/mol. The zero-order chi connectivity index (χ0) is 16.4. The number of aromatic nitrogens is 2. The van der Waals surface area contributed by atoms with Crippen LogP contribution in [0.4, 0.5) is 0 Å². The van der Waals surface area contributed by atoms with Crippen molar-refractivity contribution in [2.24, 2.45) is 0 Å². The lowest BCUT2D eigenvalue weighted by Crippen LogP contribution is -2.48. The Kier molecular flexibility index (Phi) is 4.77. The minimum Gasteiger partial charge on any atom is -0.340 e. The molecule has 6 nitrogen and oxygen atoms in total. The van der Waals surface area contributed by atoms with Crippen LogP contribution in [-0.2, 0) is 13.0 Å². The molecule has 7 heteroatoms. The number of amides is 1. The van der Waals surface area contributed by atoms with Gasteiger partial charge in [-0.3, -0.25) is 9.69 Å². The molecule has 0 spiro atoms. The van der Waals surface area contributed by atoms with Crippen molar-refractivity contribution in [2.45, 2.75) is 33.7 Å². The van der Waals surface area contributed by atoms with Crippen LogP contribution in [0.25, 0.3) is 0 Å². The first kappa shape index (κ1) is 16.1. The minimum absolute atomic E-state index is 0.160. The van der Waals surface area contributed by atoms with E-state index >= 15 is 0 Å². The molecule has 0 aliphatic carbocycles. The van der Waals surface area contributed by atoms with Crippen LogP contribution in [0.2, 0.25) is 0 Å². The summed E-state index contributed by atoms with van der Waals surface area (Å²) in [6, 6.07) is 2.03. The fraction of sp³-hybridized carbons (Fsp3) is 0.562. The molecule has 124 valence electrons. The van der Waals surface area contributed by atoms with Crippen LogP contribution < -0.4 is 0 Å². The van der Waals surface area contributed by atoms with Crippen molar-refractivity contribution >= 4 is 17.2 Å². The van der Waals surface area contributed by atoms with Gasteiger partial charge in [-0.25, -0.2) is 0 Å². The third kappa shape index (κ3) is 3.61. The second kappa shape index (κ2) is 6.80. The molecule has 0 radical (unpaired) electrons. The molecule has 0 atom stereocenters. The summed E-state index contributed by atoms with van der Waals surface area (Å²) in [6.07, 6.45) is 0.988. The van der Waals surface area contributed by atoms with E-state index in [1.165, 1.54) is 10.4 Å². The molecule has 3 rings (SSSR count). The highest BCUT2D eigenvalue weighted by Gasteiger charge is 2.24. The van der Waals surface area contributed by atoms with Gasteiger partial charge < -0.3 is 9.42 Å². The van der Waals surface area contributed by atoms with E-state index in [1.54, 1.807) is 18.3 Å². The Morgan fingerprint density at radius 3 is 2.61 bits per heavy atom. The van der Waals surface area contributed by atoms with E-state index < -0.39 is 0 Å². The first-order chi connectivity index (χ1) is 11.1. The standard InChI is InChI=1S/C16H22N4O2S/c1-4-13-11(2)9-14(23-13)16(21)20-7-5-19(6-8-20)10-15-17-12(3)22-18-15/h9H,4-8,10H2,1-3H3. The quantitative estimate of drug-likeness (QED) is 0.858. The average Bonchev–Trinajstić information content (AvgIpc) is 3.13. The van der Waals surface area contributed by atoms with Gasteiger partial charge in [-0.05, 0) is 25.0 Å². The molecule has 0 unspecified atom stereocenters. The summed E-state index contributed by atoms with van der Waals surface area (Å²) in [5.41, 5.74) is 1.23. The molecule has 23 heavy (non-hydrogen) atoms. The summed E-state index contributed by atoms with van der Waals surface area (Å²) in [5.74, 6) is 1.46. The van der Waals surface area contributed by atoms with Crippen LogP contribution in [0.1, 0.15) is 38.8 Å². The highest BCUT2D eigenvalue weighted by atomic mass is 32.1. The molecule has 0 bridgehead atoms. The van der Waals surface area contributed by atoms with Gasteiger partial charge in [0.1, 0.15) is 0 Å². The maximum atomic E-state index is 12.6. The van der Waals surface area contributed by atoms with Crippen molar-refractivity contribution in [1.29, 1.82) is 0 Å². The van der Waals surface area contributed by atoms with Gasteiger partial charge in [0, 0.05) is 38.0 Å². The molecule has 1 aliphatic rings. The zero-order valence-corrected chi connectivity index (χ0v) is 14.7. The molecular formula is C16H22N4O2S. The Bertz CT molecular complexity index is 686. The molecule has 0 aromatic carbocycles. The highest BCUT2D eigenvalue weighted by Crippen LogP contribution is 2.24. The van der Waals surface area contributed by atoms with Crippen LogP contribution in [-0.4, -0.2) is 52.0 Å². The molecule has 1 aliphatic heterocycles. The van der Waals surface area contributed by atoms with E-state index in [-0.39, 0.29) is 5.91 Å². The summed E-state index contributed by atoms with van der Waals surface area (Å²) in [6.45, 7) is 9.84. The van der Waals surface area contributed by atoms with E-state index in [2.05, 4.69) is 28.9 Å². The normalized spacial score (nSPS) is 16.0. The van der Waals surface area contributed by atoms with Crippen molar-refractivity contribution < 1.29 is 9.32 Å². The first-order valence-corrected chi connectivity index (χ1v) is 8.78. The Balaban J connectivity index is 1.56. The van der Waals surface area contributed by atoms with Gasteiger partial charge in [-0.15, -0.1) is 11.3 Å². The molecular weight excluding hydrogens is 312 g/mol. The predicted octanol–water partition coefficient (Wildman–Crippen LogP) is 2.27. The van der Waals surface area contributed by atoms with Gasteiger partial charge in [0.05, 0.1) is 11.4 Å². The summed E-state index contributed by atoms with van der Waals surface area (Å²) < 4.78 is 5.00. The van der Waals surface area contributed by atoms with Gasteiger partial charge >= 0.3 is 0 Å². The Morgan fingerprint density at radius 1 is 1.30 bits per heavy atom. The van der Waals surface area contributed by atoms with Crippen LogP contribution in [0.5, 0.6) is 0 Å². The van der Waals surface area contributed by atoms with Gasteiger partial charge in [-0.1, -0.05) is 12.1 Å². The number of nitrogens with zero attached hydrogens (tertiary/aromatic N) is 4. The summed E-state index contributed by atoms with van der Waals surface area (Å²) >= 11 is 1.63. The van der Waals surface area contributed by atoms with Crippen molar-refractivity contribution in [3.63, 3.8) is 0 Å². The van der Waals surface area contributed by atoms with Gasteiger partial charge in [0.25, 0.3) is 5.91 Å². The number of rotatable bonds is 4. The summed E-state index contributed by atoms with van der Waals surface area (Å²) in [7, 11) is 0. The number of hydrogen-bond donors (Lipinski definition) is 0. The number of piperazine rings is 1. The highest BCUT2D eigenvalue weighted by molar-refractivity contribution is 7.14. The maximum absolute atomic E-state index is 12.6. The van der Waals surface area contributed by atoms with Crippen molar-refractivity contribution in [2.75, 3.05) is 26.2 Å². The number of aryl methyl sites for hydroxylation is 3. The number of carbonyl (C=O) groups excluding carboxylic acids is 1. The smallest absolute Gasteiger partial charge is 0.264 e. The second-order valence-electron chi connectivity index (χ2n) is 5.87. The second-order valence-corrected chi connectivity index (χ2v) is 7.01. The maximum Gasteiger partial charge on any atom is 0.264 e. The molecule has 0 N–H and O–H groups in total. The molecule has 3 heterocycles. The van der Waals surface area contributed by atoms with E-state index in [9.17, 15) is 4.79 Å². The SMILES string of the molecule is CCc1sc(C(=O)N2CCN(Cc3noc(C)n3)CC2)cc1C. The summed E-state index contributed by atoms with van der Waals surface area (Å²) in [4.78, 5) is 23.2. The average molecular weight is 334 g/mol. The van der Waals surface area contributed by atoms with Crippen LogP contribution in [0.3, 0.4) is 0 Å². The lowest BCUT2D eigenvalue weighted by molar-refractivity contribution is 0.0629. The molecule has 1 fully saturated rings. The molecule has 1 amide bonds. The van der Waals surface area contributed by atoms with E-state index in [0.717, 1.165) is 37.5 Å². The Labute approximate surface area is 140 Å². The third-order valence-electron chi connectivity index (χ3n) is 4.15. The van der Waals surface area contributed by atoms with Crippen LogP contribution >= 0.6 is 11.3 Å². The third-order valence-corrected chi connectivity index (χ3v) is 5.52. The topological polar surface area (TPSA) is 62.5 Å². The summed E-state index contributed by atoms with van der Waals surface area (Å²) in [5, 5.41) is 3.93. The molecule has 0 saturated carbocycles. The predicted molar refractivity (Wildman–Crippen MR) is 88.6 cm³/mol.